The molecule has 2 radical (unpaired) electrons. The Bertz CT molecular complexity index is 632. The van der Waals surface area contributed by atoms with Crippen LogP contribution in [0.3, 0.4) is 0 Å². The summed E-state index contributed by atoms with van der Waals surface area (Å²) < 4.78 is 1.75. The van der Waals surface area contributed by atoms with E-state index >= 15 is 0 Å². The minimum Gasteiger partial charge on any atom is -0.317 e. The minimum atomic E-state index is 0.0131. The van der Waals surface area contributed by atoms with E-state index in [1.54, 1.807) is 29.1 Å². The van der Waals surface area contributed by atoms with Crippen molar-refractivity contribution in [2.75, 3.05) is 13.1 Å². The van der Waals surface area contributed by atoms with Crippen LogP contribution in [0.1, 0.15) is 18.9 Å². The number of benzene rings is 1. The fourth-order valence-corrected chi connectivity index (χ4v) is 2.50. The third-order valence-corrected chi connectivity index (χ3v) is 3.51. The van der Waals surface area contributed by atoms with Gasteiger partial charge in [-0.2, -0.15) is 0 Å². The van der Waals surface area contributed by atoms with Crippen LogP contribution in [0.5, 0.6) is 0 Å². The summed E-state index contributed by atoms with van der Waals surface area (Å²) in [5.74, 6) is 0. The first-order chi connectivity index (χ1) is 8.75. The fraction of sp³-hybridized carbons (Fsp3) is 0.385. The van der Waals surface area contributed by atoms with Crippen LogP contribution in [0.4, 0.5) is 0 Å². The molecule has 1 fully saturated rings. The van der Waals surface area contributed by atoms with Gasteiger partial charge >= 0.3 is 0 Å². The van der Waals surface area contributed by atoms with Gasteiger partial charge < -0.3 is 5.32 Å². The predicted molar refractivity (Wildman–Crippen MR) is 72.5 cm³/mol. The Balaban J connectivity index is 2.13. The highest BCUT2D eigenvalue weighted by atomic mass is 16.1. The molecule has 4 nitrogen and oxygen atoms in total. The predicted octanol–water partition coefficient (Wildman–Crippen LogP) is 0.115. The van der Waals surface area contributed by atoms with Crippen LogP contribution in [-0.2, 0) is 0 Å². The maximum absolute atomic E-state index is 12.4. The van der Waals surface area contributed by atoms with Gasteiger partial charge in [-0.3, -0.25) is 9.36 Å². The first kappa shape index (κ1) is 11.5. The van der Waals surface area contributed by atoms with Crippen LogP contribution in [0.25, 0.3) is 10.9 Å². The molecular weight excluding hydrogens is 225 g/mol. The SMILES string of the molecule is [B]c1ccc2ncn(C3CCNCC3)c(=O)c2c1. The lowest BCUT2D eigenvalue weighted by Crippen LogP contribution is -2.34. The molecule has 3 rings (SSSR count). The molecule has 1 aromatic carbocycles. The number of fused-ring (bicyclic) bond motifs is 1. The lowest BCUT2D eigenvalue weighted by molar-refractivity contribution is 0.359. The first-order valence-electron chi connectivity index (χ1n) is 6.23. The number of nitrogens with one attached hydrogen (secondary N) is 1. The zero-order valence-electron chi connectivity index (χ0n) is 10.1. The zero-order valence-corrected chi connectivity index (χ0v) is 10.1. The maximum atomic E-state index is 12.4. The van der Waals surface area contributed by atoms with Gasteiger partial charge in [-0.15, -0.1) is 0 Å². The van der Waals surface area contributed by atoms with Crippen LogP contribution >= 0.6 is 0 Å². The van der Waals surface area contributed by atoms with E-state index in [2.05, 4.69) is 10.3 Å². The van der Waals surface area contributed by atoms with E-state index in [-0.39, 0.29) is 11.6 Å². The molecular formula is C13H14BN3O. The Morgan fingerprint density at radius 3 is 2.89 bits per heavy atom. The van der Waals surface area contributed by atoms with Gasteiger partial charge in [0.15, 0.2) is 0 Å². The molecule has 5 heteroatoms. The monoisotopic (exact) mass is 239 g/mol. The van der Waals surface area contributed by atoms with Crippen molar-refractivity contribution in [2.24, 2.45) is 0 Å². The topological polar surface area (TPSA) is 46.9 Å². The van der Waals surface area contributed by atoms with Gasteiger partial charge in [0.25, 0.3) is 5.56 Å². The van der Waals surface area contributed by atoms with E-state index < -0.39 is 0 Å². The largest absolute Gasteiger partial charge is 0.317 e. The van der Waals surface area contributed by atoms with Crippen molar-refractivity contribution >= 4 is 24.2 Å². The van der Waals surface area contributed by atoms with Gasteiger partial charge in [0.05, 0.1) is 17.2 Å². The summed E-state index contributed by atoms with van der Waals surface area (Å²) in [6.45, 7) is 1.90. The Kier molecular flexibility index (Phi) is 2.92. The van der Waals surface area contributed by atoms with Crippen molar-refractivity contribution in [3.05, 3.63) is 34.9 Å². The van der Waals surface area contributed by atoms with E-state index in [1.165, 1.54) is 0 Å². The molecule has 0 saturated carbocycles. The van der Waals surface area contributed by atoms with E-state index in [4.69, 9.17) is 7.85 Å². The summed E-state index contributed by atoms with van der Waals surface area (Å²) >= 11 is 0. The standard InChI is InChI=1S/C13H14BN3O/c14-9-1-2-12-11(7-9)13(18)17(8-16-12)10-3-5-15-6-4-10/h1-2,7-8,10,15H,3-6H2. The Morgan fingerprint density at radius 2 is 2.11 bits per heavy atom. The second-order valence-electron chi connectivity index (χ2n) is 4.71. The van der Waals surface area contributed by atoms with Gasteiger partial charge in [0, 0.05) is 6.04 Å². The molecule has 18 heavy (non-hydrogen) atoms. The third-order valence-electron chi connectivity index (χ3n) is 3.51. The van der Waals surface area contributed by atoms with Crippen molar-refractivity contribution in [1.29, 1.82) is 0 Å². The van der Waals surface area contributed by atoms with E-state index in [0.29, 0.717) is 16.4 Å². The highest BCUT2D eigenvalue weighted by molar-refractivity contribution is 6.33. The number of nitrogens with zero attached hydrogens (tertiary/aromatic N) is 2. The van der Waals surface area contributed by atoms with Crippen LogP contribution in [-0.4, -0.2) is 30.5 Å². The second kappa shape index (κ2) is 4.57. The van der Waals surface area contributed by atoms with Crippen LogP contribution in [0, 0.1) is 0 Å². The molecule has 2 heterocycles. The van der Waals surface area contributed by atoms with Crippen molar-refractivity contribution in [2.45, 2.75) is 18.9 Å². The quantitative estimate of drug-likeness (QED) is 0.719. The molecule has 90 valence electrons. The zero-order chi connectivity index (χ0) is 12.5. The number of rotatable bonds is 1. The Labute approximate surface area is 106 Å². The summed E-state index contributed by atoms with van der Waals surface area (Å²) in [7, 11) is 5.74. The first-order valence-corrected chi connectivity index (χ1v) is 6.23. The van der Waals surface area contributed by atoms with Crippen molar-refractivity contribution < 1.29 is 0 Å². The van der Waals surface area contributed by atoms with E-state index in [9.17, 15) is 4.79 Å². The molecule has 1 aromatic heterocycles. The fourth-order valence-electron chi connectivity index (χ4n) is 2.50. The normalized spacial score (nSPS) is 17.1. The van der Waals surface area contributed by atoms with E-state index in [0.717, 1.165) is 25.9 Å². The van der Waals surface area contributed by atoms with Crippen molar-refractivity contribution in [3.63, 3.8) is 0 Å². The van der Waals surface area contributed by atoms with Gasteiger partial charge in [-0.1, -0.05) is 17.6 Å². The van der Waals surface area contributed by atoms with Gasteiger partial charge in [-0.05, 0) is 32.0 Å². The highest BCUT2D eigenvalue weighted by Crippen LogP contribution is 2.16. The molecule has 1 aliphatic heterocycles. The molecule has 0 spiro atoms. The van der Waals surface area contributed by atoms with Gasteiger partial charge in [0.1, 0.15) is 7.85 Å². The van der Waals surface area contributed by atoms with Crippen LogP contribution in [0.2, 0.25) is 0 Å². The lowest BCUT2D eigenvalue weighted by Gasteiger charge is -2.24. The van der Waals surface area contributed by atoms with Crippen LogP contribution in [0.15, 0.2) is 29.3 Å². The molecule has 0 atom stereocenters. The second-order valence-corrected chi connectivity index (χ2v) is 4.71. The highest BCUT2D eigenvalue weighted by Gasteiger charge is 2.17. The number of aromatic nitrogens is 2. The van der Waals surface area contributed by atoms with E-state index in [1.807, 2.05) is 0 Å². The summed E-state index contributed by atoms with van der Waals surface area (Å²) in [4.78, 5) is 16.8. The average molecular weight is 239 g/mol. The number of piperidine rings is 1. The molecule has 0 bridgehead atoms. The Hall–Kier alpha value is -1.62. The molecule has 1 N–H and O–H groups in total. The molecule has 0 unspecified atom stereocenters. The summed E-state index contributed by atoms with van der Waals surface area (Å²) in [5.41, 5.74) is 1.32. The summed E-state index contributed by atoms with van der Waals surface area (Å²) in [6.07, 6.45) is 3.60. The minimum absolute atomic E-state index is 0.0131. The number of hydrogen-bond donors (Lipinski definition) is 1. The average Bonchev–Trinajstić information content (AvgIpc) is 2.41. The van der Waals surface area contributed by atoms with Crippen molar-refractivity contribution in [3.8, 4) is 0 Å². The lowest BCUT2D eigenvalue weighted by atomic mass is 9.95. The van der Waals surface area contributed by atoms with Gasteiger partial charge in [0.2, 0.25) is 0 Å². The van der Waals surface area contributed by atoms with Crippen molar-refractivity contribution in [1.82, 2.24) is 14.9 Å². The molecule has 0 amide bonds. The smallest absolute Gasteiger partial charge is 0.261 e. The molecule has 1 aliphatic rings. The van der Waals surface area contributed by atoms with Crippen LogP contribution < -0.4 is 16.3 Å². The maximum Gasteiger partial charge on any atom is 0.261 e. The summed E-state index contributed by atoms with van der Waals surface area (Å²) in [6, 6.07) is 5.52. The third kappa shape index (κ3) is 1.95. The summed E-state index contributed by atoms with van der Waals surface area (Å²) in [5, 5.41) is 3.90. The molecule has 0 aliphatic carbocycles. The Morgan fingerprint density at radius 1 is 1.33 bits per heavy atom. The number of hydrogen-bond acceptors (Lipinski definition) is 3. The molecule has 2 aromatic rings. The van der Waals surface area contributed by atoms with Gasteiger partial charge in [-0.25, -0.2) is 4.98 Å². The molecule has 1 saturated heterocycles.